The van der Waals surface area contributed by atoms with Gasteiger partial charge >= 0.3 is 12.3 Å². The molecule has 5 nitrogen and oxygen atoms in total. The van der Waals surface area contributed by atoms with Crippen molar-refractivity contribution in [3.8, 4) is 5.75 Å². The van der Waals surface area contributed by atoms with Crippen molar-refractivity contribution in [3.05, 3.63) is 27.7 Å². The number of nitrogens with one attached hydrogen (secondary N) is 1. The molecule has 1 rings (SSSR count). The molecule has 0 unspecified atom stereocenters. The van der Waals surface area contributed by atoms with Crippen LogP contribution < -0.4 is 10.3 Å². The van der Waals surface area contributed by atoms with E-state index >= 15 is 0 Å². The highest BCUT2D eigenvalue weighted by molar-refractivity contribution is 6.17. The van der Waals surface area contributed by atoms with E-state index in [9.17, 15) is 22.8 Å². The Hall–Kier alpha value is -1.70. The fraction of sp³-hybridized carbons (Fsp3) is 0.250. The monoisotopic (exact) mass is 271 g/mol. The van der Waals surface area contributed by atoms with E-state index in [2.05, 4.69) is 4.74 Å². The van der Waals surface area contributed by atoms with Crippen molar-refractivity contribution >= 4 is 17.6 Å². The van der Waals surface area contributed by atoms with E-state index in [0.29, 0.717) is 6.07 Å². The maximum atomic E-state index is 12.1. The summed E-state index contributed by atoms with van der Waals surface area (Å²) >= 11 is 5.30. The molecule has 2 N–H and O–H groups in total. The van der Waals surface area contributed by atoms with Crippen LogP contribution in [0.4, 0.5) is 13.2 Å². The van der Waals surface area contributed by atoms with Gasteiger partial charge in [0.15, 0.2) is 5.75 Å². The first-order valence-corrected chi connectivity index (χ1v) is 4.59. The molecule has 0 amide bonds. The molecule has 0 saturated heterocycles. The number of alkyl halides is 4. The van der Waals surface area contributed by atoms with Crippen molar-refractivity contribution in [2.24, 2.45) is 0 Å². The van der Waals surface area contributed by atoms with Gasteiger partial charge in [-0.3, -0.25) is 4.79 Å². The lowest BCUT2D eigenvalue weighted by Gasteiger charge is -2.13. The van der Waals surface area contributed by atoms with Gasteiger partial charge in [-0.05, 0) is 0 Å². The Morgan fingerprint density at radius 3 is 2.53 bits per heavy atom. The molecular formula is C8H5ClF3NO4. The van der Waals surface area contributed by atoms with Crippen LogP contribution in [0, 0.1) is 0 Å². The second kappa shape index (κ2) is 4.66. The molecule has 9 heteroatoms. The molecule has 0 aliphatic rings. The number of pyridine rings is 1. The summed E-state index contributed by atoms with van der Waals surface area (Å²) in [6.45, 7) is 0. The summed E-state index contributed by atoms with van der Waals surface area (Å²) in [7, 11) is 0. The summed E-state index contributed by atoms with van der Waals surface area (Å²) in [6, 6.07) is 0.486. The Bertz CT molecular complexity index is 497. The lowest BCUT2D eigenvalue weighted by Crippen LogP contribution is -2.23. The first-order valence-electron chi connectivity index (χ1n) is 4.06. The van der Waals surface area contributed by atoms with Crippen LogP contribution in [0.25, 0.3) is 0 Å². The Labute approximate surface area is 96.8 Å². The van der Waals surface area contributed by atoms with Crippen LogP contribution in [-0.4, -0.2) is 22.4 Å². The smallest absolute Gasteiger partial charge is 0.478 e. The molecule has 0 spiro atoms. The zero-order valence-electron chi connectivity index (χ0n) is 7.97. The Morgan fingerprint density at radius 1 is 1.53 bits per heavy atom. The van der Waals surface area contributed by atoms with Crippen molar-refractivity contribution < 1.29 is 27.8 Å². The average Bonchev–Trinajstić information content (AvgIpc) is 2.17. The number of hydrogen-bond donors (Lipinski definition) is 2. The molecule has 1 aromatic rings. The molecule has 94 valence electrons. The zero-order valence-corrected chi connectivity index (χ0v) is 8.72. The molecule has 0 aliphatic carbocycles. The minimum Gasteiger partial charge on any atom is -0.478 e. The van der Waals surface area contributed by atoms with E-state index in [1.165, 1.54) is 0 Å². The van der Waals surface area contributed by atoms with Gasteiger partial charge in [0.25, 0.3) is 0 Å². The third-order valence-electron chi connectivity index (χ3n) is 1.65. The average molecular weight is 272 g/mol. The second-order valence-corrected chi connectivity index (χ2v) is 3.11. The molecule has 0 radical (unpaired) electrons. The molecular weight excluding hydrogens is 267 g/mol. The van der Waals surface area contributed by atoms with E-state index in [-0.39, 0.29) is 0 Å². The fourth-order valence-electron chi connectivity index (χ4n) is 1.09. The summed E-state index contributed by atoms with van der Waals surface area (Å²) in [6.07, 6.45) is -5.08. The second-order valence-electron chi connectivity index (χ2n) is 2.84. The maximum Gasteiger partial charge on any atom is 0.573 e. The molecule has 1 heterocycles. The van der Waals surface area contributed by atoms with E-state index < -0.39 is 40.8 Å². The minimum absolute atomic E-state index is 0.450. The van der Waals surface area contributed by atoms with Crippen LogP contribution in [0.1, 0.15) is 16.1 Å². The molecule has 0 aromatic carbocycles. The molecule has 0 saturated carbocycles. The standard InChI is InChI=1S/C8H5ClF3NO4/c9-2-4-6(17-8(10,11)12)3(7(15)16)1-5(14)13-4/h1H,2H2,(H,13,14)(H,15,16). The molecule has 0 fully saturated rings. The van der Waals surface area contributed by atoms with Crippen molar-refractivity contribution in [1.82, 2.24) is 4.98 Å². The fourth-order valence-corrected chi connectivity index (χ4v) is 1.27. The van der Waals surface area contributed by atoms with Gasteiger partial charge in [0, 0.05) is 6.07 Å². The predicted molar refractivity (Wildman–Crippen MR) is 50.3 cm³/mol. The number of H-pyrrole nitrogens is 1. The number of hydrogen-bond acceptors (Lipinski definition) is 3. The number of ether oxygens (including phenoxy) is 1. The van der Waals surface area contributed by atoms with Crippen molar-refractivity contribution in [3.63, 3.8) is 0 Å². The van der Waals surface area contributed by atoms with Crippen LogP contribution in [0.3, 0.4) is 0 Å². The highest BCUT2D eigenvalue weighted by Gasteiger charge is 2.34. The van der Waals surface area contributed by atoms with Gasteiger partial charge in [-0.15, -0.1) is 24.8 Å². The summed E-state index contributed by atoms with van der Waals surface area (Å²) in [4.78, 5) is 23.6. The van der Waals surface area contributed by atoms with E-state index in [0.717, 1.165) is 0 Å². The summed E-state index contributed by atoms with van der Waals surface area (Å²) < 4.78 is 39.7. The summed E-state index contributed by atoms with van der Waals surface area (Å²) in [5.41, 5.74) is -2.23. The SMILES string of the molecule is O=C(O)c1cc(=O)[nH]c(CCl)c1OC(F)(F)F. The van der Waals surface area contributed by atoms with Crippen LogP contribution >= 0.6 is 11.6 Å². The maximum absolute atomic E-state index is 12.1. The Morgan fingerprint density at radius 2 is 2.12 bits per heavy atom. The summed E-state index contributed by atoms with van der Waals surface area (Å²) in [5.74, 6) is -3.26. The predicted octanol–water partition coefficient (Wildman–Crippen LogP) is 1.71. The highest BCUT2D eigenvalue weighted by atomic mass is 35.5. The van der Waals surface area contributed by atoms with Crippen LogP contribution in [0.2, 0.25) is 0 Å². The minimum atomic E-state index is -5.08. The first-order chi connectivity index (χ1) is 7.74. The van der Waals surface area contributed by atoms with E-state index in [1.807, 2.05) is 4.98 Å². The molecule has 0 atom stereocenters. The van der Waals surface area contributed by atoms with Crippen LogP contribution in [0.5, 0.6) is 5.75 Å². The zero-order chi connectivity index (χ0) is 13.2. The molecule has 0 bridgehead atoms. The number of carboxylic acids is 1. The van der Waals surface area contributed by atoms with E-state index in [4.69, 9.17) is 16.7 Å². The normalized spacial score (nSPS) is 11.3. The van der Waals surface area contributed by atoms with Crippen molar-refractivity contribution in [2.45, 2.75) is 12.2 Å². The number of halogens is 4. The Kier molecular flexibility index (Phi) is 3.66. The highest BCUT2D eigenvalue weighted by Crippen LogP contribution is 2.29. The van der Waals surface area contributed by atoms with Gasteiger partial charge in [0.2, 0.25) is 5.56 Å². The molecule has 17 heavy (non-hydrogen) atoms. The number of rotatable bonds is 3. The first kappa shape index (κ1) is 13.4. The van der Waals surface area contributed by atoms with Crippen LogP contribution in [-0.2, 0) is 5.88 Å². The number of carboxylic acid groups (broad SMARTS) is 1. The Balaban J connectivity index is 3.42. The third-order valence-corrected chi connectivity index (χ3v) is 1.92. The molecule has 1 aromatic heterocycles. The quantitative estimate of drug-likeness (QED) is 0.820. The van der Waals surface area contributed by atoms with Gasteiger partial charge in [0.1, 0.15) is 5.56 Å². The summed E-state index contributed by atoms with van der Waals surface area (Å²) in [5, 5.41) is 8.66. The lowest BCUT2D eigenvalue weighted by atomic mass is 10.2. The van der Waals surface area contributed by atoms with Gasteiger partial charge in [-0.25, -0.2) is 4.79 Å². The van der Waals surface area contributed by atoms with Crippen molar-refractivity contribution in [1.29, 1.82) is 0 Å². The van der Waals surface area contributed by atoms with Gasteiger partial charge in [-0.1, -0.05) is 0 Å². The topological polar surface area (TPSA) is 79.4 Å². The number of aromatic nitrogens is 1. The number of aromatic carboxylic acids is 1. The van der Waals surface area contributed by atoms with Crippen LogP contribution in [0.15, 0.2) is 10.9 Å². The lowest BCUT2D eigenvalue weighted by molar-refractivity contribution is -0.275. The van der Waals surface area contributed by atoms with Gasteiger partial charge in [0.05, 0.1) is 11.6 Å². The largest absolute Gasteiger partial charge is 0.573 e. The van der Waals surface area contributed by atoms with Crippen molar-refractivity contribution in [2.75, 3.05) is 0 Å². The third kappa shape index (κ3) is 3.38. The van der Waals surface area contributed by atoms with Gasteiger partial charge < -0.3 is 14.8 Å². The van der Waals surface area contributed by atoms with E-state index in [1.54, 1.807) is 0 Å². The molecule has 0 aliphatic heterocycles. The number of carbonyl (C=O) groups is 1. The van der Waals surface area contributed by atoms with Gasteiger partial charge in [-0.2, -0.15) is 0 Å². The number of aromatic amines is 1.